The van der Waals surface area contributed by atoms with Gasteiger partial charge in [-0.05, 0) is 50.9 Å². The van der Waals surface area contributed by atoms with Crippen LogP contribution in [0.5, 0.6) is 17.4 Å². The van der Waals surface area contributed by atoms with Crippen LogP contribution in [0.15, 0.2) is 16.2 Å². The van der Waals surface area contributed by atoms with E-state index in [9.17, 15) is 19.8 Å². The molecule has 0 amide bonds. The van der Waals surface area contributed by atoms with Gasteiger partial charge in [-0.1, -0.05) is 26.7 Å². The molecular weight excluding hydrogens is 530 g/mol. The summed E-state index contributed by atoms with van der Waals surface area (Å²) in [5, 5.41) is 27.9. The van der Waals surface area contributed by atoms with Crippen LogP contribution in [0.3, 0.4) is 0 Å². The molecule has 0 aliphatic heterocycles. The number of carbonyl (C=O) groups is 2. The van der Waals surface area contributed by atoms with Crippen molar-refractivity contribution >= 4 is 23.0 Å². The molecule has 41 heavy (non-hydrogen) atoms. The molecule has 0 unspecified atom stereocenters. The molecule has 0 saturated heterocycles. The topological polar surface area (TPSA) is 158 Å². The van der Waals surface area contributed by atoms with Crippen molar-refractivity contribution in [1.82, 2.24) is 10.1 Å². The molecular formula is C30H39N3O8. The molecule has 1 aromatic heterocycles. The number of carbonyl (C=O) groups excluding carboxylic acids is 2. The first-order valence-corrected chi connectivity index (χ1v) is 14.3. The summed E-state index contributed by atoms with van der Waals surface area (Å²) in [6.07, 6.45) is 3.81. The first-order chi connectivity index (χ1) is 19.6. The van der Waals surface area contributed by atoms with E-state index in [2.05, 4.69) is 5.16 Å². The van der Waals surface area contributed by atoms with Crippen LogP contribution in [0, 0.1) is 11.8 Å². The smallest absolute Gasteiger partial charge is 0.265 e. The van der Waals surface area contributed by atoms with E-state index < -0.39 is 35.0 Å². The Bertz CT molecular complexity index is 1400. The molecule has 1 aromatic carbocycles. The van der Waals surface area contributed by atoms with Gasteiger partial charge in [0.2, 0.25) is 11.6 Å². The summed E-state index contributed by atoms with van der Waals surface area (Å²) in [4.78, 5) is 30.2. The highest BCUT2D eigenvalue weighted by atomic mass is 16.5. The van der Waals surface area contributed by atoms with Crippen LogP contribution in [-0.2, 0) is 11.2 Å². The third-order valence-corrected chi connectivity index (χ3v) is 8.56. The number of Topliss-reactive ketones (excluding diaryl/α,β-unsaturated/α-hetero) is 2. The van der Waals surface area contributed by atoms with E-state index in [1.165, 1.54) is 7.11 Å². The number of nitrogen functional groups attached to an aromatic ring is 1. The number of hydrogen-bond donors (Lipinski definition) is 3. The Morgan fingerprint density at radius 3 is 2.44 bits per heavy atom. The number of ketones is 2. The Hall–Kier alpha value is -3.57. The molecule has 3 aliphatic rings. The summed E-state index contributed by atoms with van der Waals surface area (Å²) >= 11 is 0. The van der Waals surface area contributed by atoms with Crippen LogP contribution in [0.1, 0.15) is 79.2 Å². The molecule has 222 valence electrons. The molecule has 1 saturated carbocycles. The number of aromatic nitrogens is 1. The number of hydrogen-bond acceptors (Lipinski definition) is 11. The molecule has 0 spiro atoms. The van der Waals surface area contributed by atoms with Gasteiger partial charge in [0.1, 0.15) is 17.1 Å². The third kappa shape index (κ3) is 4.37. The minimum Gasteiger partial charge on any atom is -0.507 e. The second-order valence-electron chi connectivity index (χ2n) is 11.3. The van der Waals surface area contributed by atoms with E-state index >= 15 is 0 Å². The fourth-order valence-corrected chi connectivity index (χ4v) is 6.54. The predicted octanol–water partition coefficient (Wildman–Crippen LogP) is 3.88. The third-order valence-electron chi connectivity index (χ3n) is 8.56. The van der Waals surface area contributed by atoms with Crippen LogP contribution < -0.4 is 19.9 Å². The SMILES string of the molecule is CCCCOc1noc2c1C(=O)[C@@]1(O)C(=O)C3=C(O)c4c(c(OC)cc(N)c4OCCCC)C[C@H]3C[C@H]1[C@@H]2N(C)C. The quantitative estimate of drug-likeness (QED) is 0.217. The van der Waals surface area contributed by atoms with Crippen LogP contribution in [0.25, 0.3) is 5.76 Å². The maximum absolute atomic E-state index is 14.3. The number of unbranched alkanes of at least 4 members (excludes halogenated alkanes) is 2. The van der Waals surface area contributed by atoms with Crippen LogP contribution in [-0.4, -0.2) is 71.9 Å². The van der Waals surface area contributed by atoms with Crippen molar-refractivity contribution in [1.29, 1.82) is 0 Å². The maximum atomic E-state index is 14.3. The molecule has 4 atom stereocenters. The Morgan fingerprint density at radius 1 is 1.12 bits per heavy atom. The standard InChI is InChI=1S/C30H39N3O8/c1-6-8-10-39-25-18(31)14-19(38-5)16-12-15-13-17-23(33(3)4)26-22(29(32-41-26)40-11-9-7-2)28(36)30(17,37)27(35)20(15)24(34)21(16)25/h14-15,17,23,34,37H,6-13,31H2,1-5H3/t15-,17-,23-,30-/m0/s1. The molecule has 11 nitrogen and oxygen atoms in total. The number of nitrogens with zero attached hydrogens (tertiary/aromatic N) is 2. The molecule has 1 heterocycles. The van der Waals surface area contributed by atoms with E-state index in [1.54, 1.807) is 20.2 Å². The predicted molar refractivity (Wildman–Crippen MR) is 150 cm³/mol. The number of anilines is 1. The van der Waals surface area contributed by atoms with E-state index in [1.807, 2.05) is 18.7 Å². The minimum absolute atomic E-state index is 0.0107. The van der Waals surface area contributed by atoms with Crippen molar-refractivity contribution in [3.05, 3.63) is 34.1 Å². The summed E-state index contributed by atoms with van der Waals surface area (Å²) in [6, 6.07) is 1.02. The molecule has 5 rings (SSSR count). The van der Waals surface area contributed by atoms with E-state index in [4.69, 9.17) is 24.5 Å². The minimum atomic E-state index is -2.46. The number of benzene rings is 1. The summed E-state index contributed by atoms with van der Waals surface area (Å²) in [5.41, 5.74) is 5.00. The van der Waals surface area contributed by atoms with Crippen molar-refractivity contribution in [3.63, 3.8) is 0 Å². The number of nitrogens with two attached hydrogens (primary N) is 1. The molecule has 11 heteroatoms. The molecule has 2 aromatic rings. The molecule has 4 N–H and O–H groups in total. The lowest BCUT2D eigenvalue weighted by atomic mass is 9.57. The summed E-state index contributed by atoms with van der Waals surface area (Å²) in [7, 11) is 5.10. The van der Waals surface area contributed by atoms with Gasteiger partial charge in [0, 0.05) is 23.1 Å². The highest BCUT2D eigenvalue weighted by Gasteiger charge is 2.65. The van der Waals surface area contributed by atoms with Gasteiger partial charge < -0.3 is 34.7 Å². The lowest BCUT2D eigenvalue weighted by Crippen LogP contribution is -2.63. The van der Waals surface area contributed by atoms with Gasteiger partial charge >= 0.3 is 0 Å². The summed E-state index contributed by atoms with van der Waals surface area (Å²) < 4.78 is 23.0. The van der Waals surface area contributed by atoms with Crippen LogP contribution in [0.2, 0.25) is 0 Å². The molecule has 0 bridgehead atoms. The van der Waals surface area contributed by atoms with E-state index in [-0.39, 0.29) is 52.0 Å². The lowest BCUT2D eigenvalue weighted by Gasteiger charge is -2.49. The van der Waals surface area contributed by atoms with Crippen molar-refractivity contribution < 1.29 is 38.5 Å². The lowest BCUT2D eigenvalue weighted by molar-refractivity contribution is -0.142. The first-order valence-electron chi connectivity index (χ1n) is 14.3. The molecule has 0 radical (unpaired) electrons. The van der Waals surface area contributed by atoms with Crippen molar-refractivity contribution in [3.8, 4) is 17.4 Å². The number of aliphatic hydroxyl groups excluding tert-OH is 1. The summed E-state index contributed by atoms with van der Waals surface area (Å²) in [5.74, 6) is -2.43. The number of methoxy groups -OCH3 is 1. The second kappa shape index (κ2) is 11.0. The summed E-state index contributed by atoms with van der Waals surface area (Å²) in [6.45, 7) is 4.71. The zero-order chi connectivity index (χ0) is 29.6. The Morgan fingerprint density at radius 2 is 1.80 bits per heavy atom. The van der Waals surface area contributed by atoms with Crippen molar-refractivity contribution in [2.24, 2.45) is 11.8 Å². The molecule has 1 fully saturated rings. The Balaban J connectivity index is 1.66. The van der Waals surface area contributed by atoms with Crippen molar-refractivity contribution in [2.75, 3.05) is 40.2 Å². The van der Waals surface area contributed by atoms with Gasteiger partial charge in [-0.2, -0.15) is 0 Å². The Labute approximate surface area is 239 Å². The van der Waals surface area contributed by atoms with Crippen LogP contribution >= 0.6 is 0 Å². The largest absolute Gasteiger partial charge is 0.507 e. The van der Waals surface area contributed by atoms with Gasteiger partial charge in [0.25, 0.3) is 5.88 Å². The first kappa shape index (κ1) is 28.9. The number of fused-ring (bicyclic) bond motifs is 4. The molecule has 3 aliphatic carbocycles. The number of aliphatic hydroxyl groups is 2. The average Bonchev–Trinajstić information content (AvgIpc) is 3.35. The fraction of sp³-hybridized carbons (Fsp3) is 0.567. The Kier molecular flexibility index (Phi) is 7.78. The van der Waals surface area contributed by atoms with E-state index in [0.29, 0.717) is 30.9 Å². The van der Waals surface area contributed by atoms with Gasteiger partial charge in [-0.25, -0.2) is 0 Å². The zero-order valence-corrected chi connectivity index (χ0v) is 24.3. The number of ether oxygens (including phenoxy) is 3. The number of rotatable bonds is 10. The van der Waals surface area contributed by atoms with Gasteiger partial charge in [0.15, 0.2) is 17.1 Å². The van der Waals surface area contributed by atoms with E-state index in [0.717, 1.165) is 25.7 Å². The normalized spacial score (nSPS) is 25.0. The van der Waals surface area contributed by atoms with Crippen molar-refractivity contribution in [2.45, 2.75) is 64.0 Å². The van der Waals surface area contributed by atoms with Gasteiger partial charge in [-0.3, -0.25) is 14.5 Å². The van der Waals surface area contributed by atoms with Gasteiger partial charge in [0.05, 0.1) is 37.6 Å². The monoisotopic (exact) mass is 569 g/mol. The van der Waals surface area contributed by atoms with Gasteiger partial charge in [-0.15, -0.1) is 0 Å². The zero-order valence-electron chi connectivity index (χ0n) is 24.3. The highest BCUT2D eigenvalue weighted by molar-refractivity contribution is 6.26. The average molecular weight is 570 g/mol. The van der Waals surface area contributed by atoms with Crippen LogP contribution in [0.4, 0.5) is 5.69 Å². The fourth-order valence-electron chi connectivity index (χ4n) is 6.54. The maximum Gasteiger partial charge on any atom is 0.265 e. The second-order valence-corrected chi connectivity index (χ2v) is 11.3. The highest BCUT2D eigenvalue weighted by Crippen LogP contribution is 2.57.